The molecule has 1 aromatic carbocycles. The van der Waals surface area contributed by atoms with Gasteiger partial charge in [0.15, 0.2) is 10.2 Å². The monoisotopic (exact) mass is 468 g/mol. The van der Waals surface area contributed by atoms with E-state index in [9.17, 15) is 0 Å². The van der Waals surface area contributed by atoms with Crippen molar-refractivity contribution in [3.8, 4) is 5.13 Å². The number of nitrogens with zero attached hydrogens (tertiary/aromatic N) is 5. The first kappa shape index (κ1) is 20.0. The van der Waals surface area contributed by atoms with Crippen molar-refractivity contribution in [1.82, 2.24) is 29.7 Å². The molecule has 1 aliphatic rings. The van der Waals surface area contributed by atoms with Crippen molar-refractivity contribution in [3.63, 3.8) is 0 Å². The molecule has 6 nitrogen and oxygen atoms in total. The predicted octanol–water partition coefficient (Wildman–Crippen LogP) is 5.05. The van der Waals surface area contributed by atoms with E-state index in [1.807, 2.05) is 60.9 Å². The average Bonchev–Trinajstić information content (AvgIpc) is 3.57. The summed E-state index contributed by atoms with van der Waals surface area (Å²) in [4.78, 5) is 16.3. The van der Waals surface area contributed by atoms with E-state index in [2.05, 4.69) is 55.2 Å². The molecule has 5 heterocycles. The van der Waals surface area contributed by atoms with Crippen molar-refractivity contribution >= 4 is 38.9 Å². The molecule has 2 atom stereocenters. The lowest BCUT2D eigenvalue weighted by atomic mass is 10.0. The van der Waals surface area contributed by atoms with Gasteiger partial charge in [-0.3, -0.25) is 14.5 Å². The third kappa shape index (κ3) is 3.67. The quantitative estimate of drug-likeness (QED) is 0.364. The Morgan fingerprint density at radius 1 is 0.909 bits per heavy atom. The molecule has 0 spiro atoms. The highest BCUT2D eigenvalue weighted by atomic mass is 32.1. The van der Waals surface area contributed by atoms with Gasteiger partial charge >= 0.3 is 0 Å². The van der Waals surface area contributed by atoms with E-state index in [1.54, 1.807) is 11.3 Å². The summed E-state index contributed by atoms with van der Waals surface area (Å²) in [5.74, 6) is 0. The van der Waals surface area contributed by atoms with Crippen molar-refractivity contribution in [3.05, 3.63) is 108 Å². The first-order valence-corrected chi connectivity index (χ1v) is 11.9. The van der Waals surface area contributed by atoms with E-state index in [0.717, 1.165) is 27.7 Å². The van der Waals surface area contributed by atoms with Gasteiger partial charge in [0.1, 0.15) is 0 Å². The third-order valence-electron chi connectivity index (χ3n) is 5.83. The Balaban J connectivity index is 1.46. The largest absolute Gasteiger partial charge is 0.352 e. The van der Waals surface area contributed by atoms with E-state index in [4.69, 9.17) is 17.2 Å². The maximum Gasteiger partial charge on any atom is 0.194 e. The number of aromatic nitrogens is 4. The van der Waals surface area contributed by atoms with Crippen molar-refractivity contribution in [2.45, 2.75) is 18.6 Å². The zero-order chi connectivity index (χ0) is 22.2. The maximum absolute atomic E-state index is 5.82. The molecule has 0 bridgehead atoms. The van der Waals surface area contributed by atoms with Gasteiger partial charge < -0.3 is 10.2 Å². The number of hydrogen-bond donors (Lipinski definition) is 1. The second kappa shape index (κ2) is 8.38. The fraction of sp³-hybridized carbons (Fsp3) is 0.120. The number of fused-ring (bicyclic) bond motifs is 1. The van der Waals surface area contributed by atoms with Gasteiger partial charge in [-0.05, 0) is 60.7 Å². The van der Waals surface area contributed by atoms with E-state index in [-0.39, 0.29) is 12.1 Å². The van der Waals surface area contributed by atoms with Crippen LogP contribution in [0.25, 0.3) is 15.3 Å². The Morgan fingerprint density at radius 3 is 2.52 bits per heavy atom. The van der Waals surface area contributed by atoms with Gasteiger partial charge in [-0.2, -0.15) is 0 Å². The predicted molar refractivity (Wildman–Crippen MR) is 134 cm³/mol. The molecule has 1 aliphatic heterocycles. The van der Waals surface area contributed by atoms with Crippen LogP contribution in [0.15, 0.2) is 91.4 Å². The lowest BCUT2D eigenvalue weighted by Gasteiger charge is -2.28. The number of rotatable bonds is 5. The van der Waals surface area contributed by atoms with Crippen LogP contribution in [0.2, 0.25) is 0 Å². The Hall–Kier alpha value is -3.62. The van der Waals surface area contributed by atoms with Crippen molar-refractivity contribution in [1.29, 1.82) is 0 Å². The molecule has 162 valence electrons. The van der Waals surface area contributed by atoms with Crippen LogP contribution in [-0.4, -0.2) is 29.5 Å². The molecule has 0 radical (unpaired) electrons. The average molecular weight is 469 g/mol. The summed E-state index contributed by atoms with van der Waals surface area (Å²) in [7, 11) is 0. The van der Waals surface area contributed by atoms with Crippen LogP contribution in [0.5, 0.6) is 0 Å². The molecule has 4 aromatic heterocycles. The number of hydrogen-bond acceptors (Lipinski definition) is 5. The molecule has 6 rings (SSSR count). The molecule has 1 N–H and O–H groups in total. The molecule has 0 aliphatic carbocycles. The summed E-state index contributed by atoms with van der Waals surface area (Å²) in [6.07, 6.45) is 5.71. The molecule has 0 saturated carbocycles. The molecule has 33 heavy (non-hydrogen) atoms. The second-order valence-corrected chi connectivity index (χ2v) is 9.24. The summed E-state index contributed by atoms with van der Waals surface area (Å²) in [6.45, 7) is 0.603. The maximum atomic E-state index is 5.82. The lowest BCUT2D eigenvalue weighted by molar-refractivity contribution is 0.299. The molecular formula is C25H20N6S2. The van der Waals surface area contributed by atoms with Crippen LogP contribution in [0.4, 0.5) is 0 Å². The minimum Gasteiger partial charge on any atom is -0.352 e. The van der Waals surface area contributed by atoms with Crippen LogP contribution in [0.3, 0.4) is 0 Å². The van der Waals surface area contributed by atoms with Gasteiger partial charge in [-0.1, -0.05) is 35.6 Å². The van der Waals surface area contributed by atoms with Crippen LogP contribution in [0, 0.1) is 0 Å². The number of thiocarbonyl (C=S) groups is 1. The number of pyridine rings is 2. The fourth-order valence-electron chi connectivity index (χ4n) is 4.34. The first-order valence-electron chi connectivity index (χ1n) is 10.7. The van der Waals surface area contributed by atoms with Crippen LogP contribution < -0.4 is 5.32 Å². The van der Waals surface area contributed by atoms with E-state index >= 15 is 0 Å². The molecule has 5 aromatic rings. The molecule has 8 heteroatoms. The van der Waals surface area contributed by atoms with E-state index in [1.165, 1.54) is 4.70 Å². The third-order valence-corrected chi connectivity index (χ3v) is 7.22. The van der Waals surface area contributed by atoms with E-state index < -0.39 is 0 Å². The highest BCUT2D eigenvalue weighted by Crippen LogP contribution is 2.40. The Labute approximate surface area is 200 Å². The summed E-state index contributed by atoms with van der Waals surface area (Å²) < 4.78 is 3.34. The minimum absolute atomic E-state index is 0.0728. The number of para-hydroxylation sites is 1. The van der Waals surface area contributed by atoms with E-state index in [0.29, 0.717) is 11.7 Å². The standard InChI is InChI=1S/C25H20N6S2/c32-24-29-22(19-10-4-6-14-27-19)23(31(24)16-17-8-3-5-13-26-17)20-11-7-15-30(20)25-28-18-9-1-2-12-21(18)33-25/h1-15,22-23H,16H2,(H,29,32)/t22-,23-/m0/s1. The Bertz CT molecular complexity index is 1380. The van der Waals surface area contributed by atoms with Gasteiger partial charge in [0.25, 0.3) is 0 Å². The molecule has 0 unspecified atom stereocenters. The summed E-state index contributed by atoms with van der Waals surface area (Å²) >= 11 is 7.50. The highest BCUT2D eigenvalue weighted by Gasteiger charge is 2.41. The summed E-state index contributed by atoms with van der Waals surface area (Å²) in [5, 5.41) is 5.15. The van der Waals surface area contributed by atoms with Crippen LogP contribution >= 0.6 is 23.6 Å². The van der Waals surface area contributed by atoms with Crippen molar-refractivity contribution in [2.75, 3.05) is 0 Å². The lowest BCUT2D eigenvalue weighted by Crippen LogP contribution is -2.30. The van der Waals surface area contributed by atoms with Crippen LogP contribution in [-0.2, 0) is 6.54 Å². The fourth-order valence-corrected chi connectivity index (χ4v) is 5.61. The molecule has 1 saturated heterocycles. The number of nitrogens with one attached hydrogen (secondary N) is 1. The van der Waals surface area contributed by atoms with Gasteiger partial charge in [0.2, 0.25) is 0 Å². The normalized spacial score (nSPS) is 18.1. The Kier molecular flexibility index (Phi) is 5.09. The topological polar surface area (TPSA) is 58.9 Å². The van der Waals surface area contributed by atoms with Gasteiger partial charge in [0, 0.05) is 18.6 Å². The minimum atomic E-state index is -0.0922. The first-order chi connectivity index (χ1) is 16.3. The molecule has 0 amide bonds. The molecular weight excluding hydrogens is 448 g/mol. The van der Waals surface area contributed by atoms with Crippen LogP contribution in [0.1, 0.15) is 29.2 Å². The van der Waals surface area contributed by atoms with Gasteiger partial charge in [-0.25, -0.2) is 4.98 Å². The smallest absolute Gasteiger partial charge is 0.194 e. The number of thiazole rings is 1. The zero-order valence-corrected chi connectivity index (χ0v) is 19.2. The summed E-state index contributed by atoms with van der Waals surface area (Å²) in [6, 6.07) is 24.2. The summed E-state index contributed by atoms with van der Waals surface area (Å²) in [5.41, 5.74) is 4.02. The van der Waals surface area contributed by atoms with Crippen molar-refractivity contribution in [2.24, 2.45) is 0 Å². The highest BCUT2D eigenvalue weighted by molar-refractivity contribution is 7.80. The van der Waals surface area contributed by atoms with Gasteiger partial charge in [0.05, 0.1) is 45.9 Å². The van der Waals surface area contributed by atoms with Crippen molar-refractivity contribution < 1.29 is 0 Å². The second-order valence-electron chi connectivity index (χ2n) is 7.84. The number of benzene rings is 1. The zero-order valence-electron chi connectivity index (χ0n) is 17.6. The van der Waals surface area contributed by atoms with Gasteiger partial charge in [-0.15, -0.1) is 0 Å². The SMILES string of the molecule is S=C1N[C@@H](c2ccccn2)[C@H](c2cccn2-c2nc3ccccc3s2)N1Cc1ccccn1. The Morgan fingerprint density at radius 2 is 1.73 bits per heavy atom. The molecule has 1 fully saturated rings.